The molecule has 0 aliphatic heterocycles. The maximum atomic E-state index is 8.73. The number of aliphatic hydroxyl groups excluding tert-OH is 1. The second-order valence-corrected chi connectivity index (χ2v) is 4.60. The van der Waals surface area contributed by atoms with Crippen LogP contribution in [0.1, 0.15) is 11.3 Å². The van der Waals surface area contributed by atoms with Gasteiger partial charge in [0.05, 0.1) is 6.61 Å². The number of aromatic nitrogens is 1. The highest BCUT2D eigenvalue weighted by Gasteiger charge is 2.16. The van der Waals surface area contributed by atoms with Crippen molar-refractivity contribution in [1.29, 1.82) is 0 Å². The predicted octanol–water partition coefficient (Wildman–Crippen LogP) is 1.76. The molecule has 0 aliphatic carbocycles. The molecule has 17 heavy (non-hydrogen) atoms. The molecule has 0 amide bonds. The molecule has 2 aromatic rings. The van der Waals surface area contributed by atoms with Gasteiger partial charge in [0.25, 0.3) is 0 Å². The van der Waals surface area contributed by atoms with Crippen LogP contribution in [0.2, 0.25) is 0 Å². The lowest BCUT2D eigenvalue weighted by molar-refractivity contribution is -0.689. The van der Waals surface area contributed by atoms with Gasteiger partial charge in [-0.2, -0.15) is 4.57 Å². The minimum Gasteiger partial charge on any atom is -0.477 e. The lowest BCUT2D eigenvalue weighted by Gasteiger charge is -1.99. The standard InChI is InChI=1S/C13H16NO2S/c1-11-13(16-8-7-15)17-10-14(11)9-12-5-3-2-4-6-12/h2-6,10,15H,7-9H2,1H3/q+1. The zero-order valence-electron chi connectivity index (χ0n) is 9.80. The summed E-state index contributed by atoms with van der Waals surface area (Å²) in [6, 6.07) is 10.3. The summed E-state index contributed by atoms with van der Waals surface area (Å²) in [6.07, 6.45) is 0. The van der Waals surface area contributed by atoms with E-state index in [1.54, 1.807) is 11.3 Å². The smallest absolute Gasteiger partial charge is 0.247 e. The van der Waals surface area contributed by atoms with Crippen LogP contribution in [0, 0.1) is 6.92 Å². The zero-order valence-corrected chi connectivity index (χ0v) is 10.6. The van der Waals surface area contributed by atoms with E-state index in [0.717, 1.165) is 17.3 Å². The Bertz CT molecular complexity index is 468. The molecule has 3 nitrogen and oxygen atoms in total. The summed E-state index contributed by atoms with van der Waals surface area (Å²) >= 11 is 1.56. The fraction of sp³-hybridized carbons (Fsp3) is 0.308. The fourth-order valence-electron chi connectivity index (χ4n) is 1.61. The Labute approximate surface area is 105 Å². The molecule has 0 unspecified atom stereocenters. The summed E-state index contributed by atoms with van der Waals surface area (Å²) < 4.78 is 7.61. The monoisotopic (exact) mass is 250 g/mol. The average Bonchev–Trinajstić information content (AvgIpc) is 2.70. The number of thiazole rings is 1. The number of nitrogens with zero attached hydrogens (tertiary/aromatic N) is 1. The van der Waals surface area contributed by atoms with Gasteiger partial charge in [0.15, 0.2) is 6.54 Å². The van der Waals surface area contributed by atoms with Gasteiger partial charge < -0.3 is 9.84 Å². The summed E-state index contributed by atoms with van der Waals surface area (Å²) in [6.45, 7) is 3.29. The number of hydrogen-bond donors (Lipinski definition) is 1. The van der Waals surface area contributed by atoms with Crippen molar-refractivity contribution in [1.82, 2.24) is 0 Å². The van der Waals surface area contributed by atoms with E-state index in [2.05, 4.69) is 22.2 Å². The van der Waals surface area contributed by atoms with Gasteiger partial charge in [-0.05, 0) is 11.3 Å². The van der Waals surface area contributed by atoms with E-state index in [1.807, 2.05) is 25.1 Å². The molecule has 1 N–H and O–H groups in total. The molecule has 1 heterocycles. The molecule has 1 aromatic heterocycles. The highest BCUT2D eigenvalue weighted by atomic mass is 32.1. The molecule has 0 spiro atoms. The molecule has 4 heteroatoms. The summed E-state index contributed by atoms with van der Waals surface area (Å²) in [7, 11) is 0. The summed E-state index contributed by atoms with van der Waals surface area (Å²) in [5, 5.41) is 9.62. The van der Waals surface area contributed by atoms with Crippen LogP contribution in [0.4, 0.5) is 0 Å². The van der Waals surface area contributed by atoms with Crippen LogP contribution in [0.25, 0.3) is 0 Å². The van der Waals surface area contributed by atoms with Crippen molar-refractivity contribution in [3.63, 3.8) is 0 Å². The van der Waals surface area contributed by atoms with E-state index in [-0.39, 0.29) is 6.61 Å². The van der Waals surface area contributed by atoms with Gasteiger partial charge in [0, 0.05) is 12.5 Å². The first-order valence-electron chi connectivity index (χ1n) is 5.56. The third-order valence-corrected chi connectivity index (χ3v) is 3.52. The van der Waals surface area contributed by atoms with Gasteiger partial charge in [-0.3, -0.25) is 0 Å². The number of ether oxygens (including phenoxy) is 1. The molecular weight excluding hydrogens is 234 g/mol. The summed E-state index contributed by atoms with van der Waals surface area (Å²) in [5.41, 5.74) is 4.43. The van der Waals surface area contributed by atoms with Gasteiger partial charge >= 0.3 is 0 Å². The van der Waals surface area contributed by atoms with Crippen molar-refractivity contribution in [2.75, 3.05) is 13.2 Å². The molecule has 0 fully saturated rings. The molecule has 90 valence electrons. The van der Waals surface area contributed by atoms with Gasteiger partial charge in [0.2, 0.25) is 16.3 Å². The number of benzene rings is 1. The Morgan fingerprint density at radius 3 is 2.76 bits per heavy atom. The highest BCUT2D eigenvalue weighted by molar-refractivity contribution is 7.11. The lowest BCUT2D eigenvalue weighted by atomic mass is 10.2. The van der Waals surface area contributed by atoms with Crippen LogP contribution in [-0.4, -0.2) is 18.3 Å². The first-order chi connectivity index (χ1) is 8.31. The quantitative estimate of drug-likeness (QED) is 0.820. The Morgan fingerprint density at radius 2 is 2.06 bits per heavy atom. The Hall–Kier alpha value is -1.39. The second-order valence-electron chi connectivity index (χ2n) is 3.78. The van der Waals surface area contributed by atoms with E-state index < -0.39 is 0 Å². The first kappa shape index (κ1) is 12.1. The predicted molar refractivity (Wildman–Crippen MR) is 67.4 cm³/mol. The van der Waals surface area contributed by atoms with Crippen LogP contribution in [0.5, 0.6) is 5.06 Å². The molecule has 0 saturated carbocycles. The minimum absolute atomic E-state index is 0.0516. The molecule has 0 radical (unpaired) electrons. The van der Waals surface area contributed by atoms with Gasteiger partial charge in [-0.15, -0.1) is 0 Å². The maximum Gasteiger partial charge on any atom is 0.247 e. The van der Waals surface area contributed by atoms with Crippen molar-refractivity contribution in [3.8, 4) is 5.06 Å². The number of aliphatic hydroxyl groups is 1. The molecule has 0 atom stereocenters. The van der Waals surface area contributed by atoms with Crippen molar-refractivity contribution >= 4 is 11.3 Å². The van der Waals surface area contributed by atoms with E-state index in [1.165, 1.54) is 5.56 Å². The van der Waals surface area contributed by atoms with Gasteiger partial charge in [-0.1, -0.05) is 30.3 Å². The van der Waals surface area contributed by atoms with Crippen LogP contribution in [-0.2, 0) is 6.54 Å². The van der Waals surface area contributed by atoms with Crippen LogP contribution in [0.3, 0.4) is 0 Å². The van der Waals surface area contributed by atoms with E-state index in [0.29, 0.717) is 6.61 Å². The third-order valence-electron chi connectivity index (χ3n) is 2.53. The van der Waals surface area contributed by atoms with Crippen LogP contribution in [0.15, 0.2) is 35.8 Å². The molecular formula is C13H16NO2S+. The van der Waals surface area contributed by atoms with Crippen molar-refractivity contribution in [2.45, 2.75) is 13.5 Å². The van der Waals surface area contributed by atoms with Gasteiger partial charge in [-0.25, -0.2) is 0 Å². The van der Waals surface area contributed by atoms with Crippen LogP contribution < -0.4 is 9.30 Å². The fourth-order valence-corrected chi connectivity index (χ4v) is 2.50. The average molecular weight is 250 g/mol. The largest absolute Gasteiger partial charge is 0.477 e. The summed E-state index contributed by atoms with van der Waals surface area (Å²) in [5.74, 6) is 0. The molecule has 0 aliphatic rings. The molecule has 2 rings (SSSR count). The Balaban J connectivity index is 2.09. The number of hydrogen-bond acceptors (Lipinski definition) is 3. The maximum absolute atomic E-state index is 8.73. The van der Waals surface area contributed by atoms with E-state index in [9.17, 15) is 0 Å². The van der Waals surface area contributed by atoms with Crippen molar-refractivity contribution in [3.05, 3.63) is 47.1 Å². The lowest BCUT2D eigenvalue weighted by Crippen LogP contribution is -2.34. The highest BCUT2D eigenvalue weighted by Crippen LogP contribution is 2.21. The summed E-state index contributed by atoms with van der Waals surface area (Å²) in [4.78, 5) is 0. The topological polar surface area (TPSA) is 33.3 Å². The number of rotatable bonds is 5. The molecule has 1 aromatic carbocycles. The Morgan fingerprint density at radius 1 is 1.29 bits per heavy atom. The van der Waals surface area contributed by atoms with Crippen LogP contribution >= 0.6 is 11.3 Å². The third kappa shape index (κ3) is 3.05. The Kier molecular flexibility index (Phi) is 4.12. The molecule has 0 bridgehead atoms. The minimum atomic E-state index is 0.0516. The van der Waals surface area contributed by atoms with Crippen molar-refractivity contribution < 1.29 is 14.4 Å². The van der Waals surface area contributed by atoms with Gasteiger partial charge in [0.1, 0.15) is 6.61 Å². The normalized spacial score (nSPS) is 10.5. The van der Waals surface area contributed by atoms with E-state index >= 15 is 0 Å². The SMILES string of the molecule is Cc1c(OCCO)sc[n+]1Cc1ccccc1. The molecule has 0 saturated heterocycles. The first-order valence-corrected chi connectivity index (χ1v) is 6.44. The van der Waals surface area contributed by atoms with E-state index in [4.69, 9.17) is 9.84 Å². The zero-order chi connectivity index (χ0) is 12.1. The second kappa shape index (κ2) is 5.80. The van der Waals surface area contributed by atoms with Crippen molar-refractivity contribution in [2.24, 2.45) is 0 Å².